The molecule has 3 aromatic heterocycles. The topological polar surface area (TPSA) is 85.8 Å². The average Bonchev–Trinajstić information content (AvgIpc) is 3.01. The fourth-order valence-electron chi connectivity index (χ4n) is 2.89. The number of nitrogens with zero attached hydrogens (tertiary/aromatic N) is 6. The normalized spacial score (nSPS) is 13.9. The minimum absolute atomic E-state index is 0.397. The van der Waals surface area contributed by atoms with E-state index in [1.54, 1.807) is 10.9 Å². The first-order valence-electron chi connectivity index (χ1n) is 7.51. The van der Waals surface area contributed by atoms with Crippen LogP contribution in [-0.2, 0) is 20.0 Å². The van der Waals surface area contributed by atoms with Crippen molar-refractivity contribution in [3.8, 4) is 11.4 Å². The van der Waals surface area contributed by atoms with E-state index in [9.17, 15) is 0 Å². The van der Waals surface area contributed by atoms with Gasteiger partial charge in [-0.3, -0.25) is 9.67 Å². The average molecular weight is 307 g/mol. The largest absolute Gasteiger partial charge is 0.382 e. The Bertz CT molecular complexity index is 855. The molecule has 0 amide bonds. The number of aryl methyl sites for hydroxylation is 1. The summed E-state index contributed by atoms with van der Waals surface area (Å²) in [4.78, 5) is 15.7. The molecule has 0 atom stereocenters. The molecule has 1 aliphatic heterocycles. The maximum absolute atomic E-state index is 5.84. The number of anilines is 2. The van der Waals surface area contributed by atoms with Crippen LogP contribution in [0.15, 0.2) is 36.8 Å². The molecule has 0 fully saturated rings. The molecular formula is C16H17N7. The molecule has 0 saturated carbocycles. The van der Waals surface area contributed by atoms with Crippen molar-refractivity contribution in [3.05, 3.63) is 48.0 Å². The van der Waals surface area contributed by atoms with Crippen molar-refractivity contribution in [2.24, 2.45) is 7.05 Å². The zero-order chi connectivity index (χ0) is 15.8. The number of rotatable bonds is 2. The van der Waals surface area contributed by atoms with E-state index in [0.717, 1.165) is 42.4 Å². The third-order valence-electron chi connectivity index (χ3n) is 3.99. The highest BCUT2D eigenvalue weighted by molar-refractivity contribution is 5.70. The molecule has 0 bridgehead atoms. The fraction of sp³-hybridized carbons (Fsp3) is 0.250. The second-order valence-electron chi connectivity index (χ2n) is 5.62. The van der Waals surface area contributed by atoms with Crippen LogP contribution in [0.5, 0.6) is 0 Å². The van der Waals surface area contributed by atoms with Gasteiger partial charge in [0, 0.05) is 44.6 Å². The summed E-state index contributed by atoms with van der Waals surface area (Å²) >= 11 is 0. The van der Waals surface area contributed by atoms with Crippen LogP contribution in [0, 0.1) is 0 Å². The number of fused-ring (bicyclic) bond motifs is 1. The Kier molecular flexibility index (Phi) is 3.18. The lowest BCUT2D eigenvalue weighted by Crippen LogP contribution is -2.32. The van der Waals surface area contributed by atoms with Gasteiger partial charge in [0.15, 0.2) is 5.82 Å². The van der Waals surface area contributed by atoms with E-state index in [4.69, 9.17) is 5.73 Å². The number of hydrogen-bond acceptors (Lipinski definition) is 6. The van der Waals surface area contributed by atoms with E-state index in [-0.39, 0.29) is 0 Å². The van der Waals surface area contributed by atoms with Gasteiger partial charge in [0.1, 0.15) is 17.2 Å². The monoisotopic (exact) mass is 307 g/mol. The molecule has 3 aromatic rings. The maximum Gasteiger partial charge on any atom is 0.157 e. The summed E-state index contributed by atoms with van der Waals surface area (Å²) in [6, 6.07) is 6.00. The van der Waals surface area contributed by atoms with E-state index in [1.807, 2.05) is 31.6 Å². The van der Waals surface area contributed by atoms with Gasteiger partial charge in [-0.15, -0.1) is 0 Å². The third kappa shape index (κ3) is 2.50. The molecule has 7 heteroatoms. The summed E-state index contributed by atoms with van der Waals surface area (Å²) in [5, 5.41) is 4.44. The number of nitrogens with two attached hydrogens (primary N) is 1. The predicted molar refractivity (Wildman–Crippen MR) is 87.6 cm³/mol. The Labute approximate surface area is 133 Å². The number of pyridine rings is 1. The molecule has 0 unspecified atom stereocenters. The van der Waals surface area contributed by atoms with Gasteiger partial charge in [0.2, 0.25) is 0 Å². The van der Waals surface area contributed by atoms with Gasteiger partial charge < -0.3 is 10.6 Å². The number of aromatic nitrogens is 5. The Balaban J connectivity index is 1.75. The van der Waals surface area contributed by atoms with Crippen LogP contribution < -0.4 is 10.6 Å². The van der Waals surface area contributed by atoms with Crippen molar-refractivity contribution in [3.63, 3.8) is 0 Å². The minimum atomic E-state index is 0.397. The summed E-state index contributed by atoms with van der Waals surface area (Å²) in [7, 11) is 1.88. The third-order valence-corrected chi connectivity index (χ3v) is 3.99. The highest BCUT2D eigenvalue weighted by Gasteiger charge is 2.22. The Hall–Kier alpha value is -2.96. The number of nitrogen functional groups attached to an aromatic ring is 1. The Morgan fingerprint density at radius 3 is 2.96 bits per heavy atom. The smallest absolute Gasteiger partial charge is 0.157 e. The molecule has 0 saturated heterocycles. The first-order chi connectivity index (χ1) is 11.2. The molecular weight excluding hydrogens is 290 g/mol. The van der Waals surface area contributed by atoms with Crippen molar-refractivity contribution in [1.82, 2.24) is 24.7 Å². The van der Waals surface area contributed by atoms with Gasteiger partial charge in [-0.25, -0.2) is 9.97 Å². The molecule has 116 valence electrons. The summed E-state index contributed by atoms with van der Waals surface area (Å²) < 4.78 is 1.75. The summed E-state index contributed by atoms with van der Waals surface area (Å²) in [5.74, 6) is 1.21. The second kappa shape index (κ2) is 5.35. The zero-order valence-electron chi connectivity index (χ0n) is 12.8. The quantitative estimate of drug-likeness (QED) is 0.770. The van der Waals surface area contributed by atoms with Gasteiger partial charge in [-0.05, 0) is 17.7 Å². The molecule has 23 heavy (non-hydrogen) atoms. The number of hydrogen-bond donors (Lipinski definition) is 1. The van der Waals surface area contributed by atoms with Crippen molar-refractivity contribution < 1.29 is 0 Å². The highest BCUT2D eigenvalue weighted by atomic mass is 15.3. The Morgan fingerprint density at radius 2 is 2.13 bits per heavy atom. The fourth-order valence-corrected chi connectivity index (χ4v) is 2.89. The molecule has 0 radical (unpaired) electrons. The lowest BCUT2D eigenvalue weighted by atomic mass is 10.1. The lowest BCUT2D eigenvalue weighted by molar-refractivity contribution is 0.701. The van der Waals surface area contributed by atoms with E-state index in [1.165, 1.54) is 5.56 Å². The Morgan fingerprint density at radius 1 is 1.22 bits per heavy atom. The van der Waals surface area contributed by atoms with E-state index < -0.39 is 0 Å². The van der Waals surface area contributed by atoms with Gasteiger partial charge in [0.25, 0.3) is 0 Å². The molecule has 4 heterocycles. The van der Waals surface area contributed by atoms with E-state index in [2.05, 4.69) is 31.0 Å². The first kappa shape index (κ1) is 13.7. The second-order valence-corrected chi connectivity index (χ2v) is 5.62. The van der Waals surface area contributed by atoms with Crippen LogP contribution in [0.2, 0.25) is 0 Å². The SMILES string of the molecule is Cn1ccc(-c2nc(N)cnc2N2CCc3ncccc3C2)n1. The first-order valence-corrected chi connectivity index (χ1v) is 7.51. The lowest BCUT2D eigenvalue weighted by Gasteiger charge is -2.29. The van der Waals surface area contributed by atoms with E-state index >= 15 is 0 Å². The van der Waals surface area contributed by atoms with Crippen molar-refractivity contribution in [2.75, 3.05) is 17.2 Å². The van der Waals surface area contributed by atoms with Crippen LogP contribution in [0.1, 0.15) is 11.3 Å². The van der Waals surface area contributed by atoms with Crippen molar-refractivity contribution in [1.29, 1.82) is 0 Å². The maximum atomic E-state index is 5.84. The molecule has 7 nitrogen and oxygen atoms in total. The zero-order valence-corrected chi connectivity index (χ0v) is 12.8. The molecule has 4 rings (SSSR count). The van der Waals surface area contributed by atoms with Crippen LogP contribution in [0.4, 0.5) is 11.6 Å². The van der Waals surface area contributed by atoms with Gasteiger partial charge >= 0.3 is 0 Å². The highest BCUT2D eigenvalue weighted by Crippen LogP contribution is 2.30. The van der Waals surface area contributed by atoms with Gasteiger partial charge in [0.05, 0.1) is 6.20 Å². The van der Waals surface area contributed by atoms with Crippen LogP contribution in [0.25, 0.3) is 11.4 Å². The molecule has 0 aliphatic carbocycles. The molecule has 0 spiro atoms. The summed E-state index contributed by atoms with van der Waals surface area (Å²) in [6.45, 7) is 1.62. The standard InChI is InChI=1S/C16H17N7/c1-22-7-4-13(21-22)15-16(19-9-14(17)20-15)23-8-5-12-11(10-23)3-2-6-18-12/h2-4,6-7,9H,5,8,10H2,1H3,(H2,17,20). The van der Waals surface area contributed by atoms with Crippen LogP contribution in [0.3, 0.4) is 0 Å². The molecule has 1 aliphatic rings. The molecule has 0 aromatic carbocycles. The van der Waals surface area contributed by atoms with E-state index in [0.29, 0.717) is 5.82 Å². The molecule has 2 N–H and O–H groups in total. The van der Waals surface area contributed by atoms with Crippen molar-refractivity contribution >= 4 is 11.6 Å². The van der Waals surface area contributed by atoms with Gasteiger partial charge in [-0.2, -0.15) is 5.10 Å². The summed E-state index contributed by atoms with van der Waals surface area (Å²) in [6.07, 6.45) is 6.22. The van der Waals surface area contributed by atoms with Crippen LogP contribution in [-0.4, -0.2) is 31.3 Å². The minimum Gasteiger partial charge on any atom is -0.382 e. The predicted octanol–water partition coefficient (Wildman–Crippen LogP) is 1.42. The van der Waals surface area contributed by atoms with Gasteiger partial charge in [-0.1, -0.05) is 6.07 Å². The van der Waals surface area contributed by atoms with Crippen molar-refractivity contribution in [2.45, 2.75) is 13.0 Å². The summed E-state index contributed by atoms with van der Waals surface area (Å²) in [5.41, 5.74) is 9.72. The van der Waals surface area contributed by atoms with Crippen LogP contribution >= 0.6 is 0 Å².